The fraction of sp³-hybridized carbons (Fsp3) is 0.750. The zero-order chi connectivity index (χ0) is 11.7. The van der Waals surface area contributed by atoms with E-state index in [0.717, 1.165) is 31.1 Å². The van der Waals surface area contributed by atoms with Crippen molar-refractivity contribution in [3.8, 4) is 0 Å². The molecule has 0 aliphatic carbocycles. The quantitative estimate of drug-likeness (QED) is 0.901. The number of aromatic nitrogens is 1. The van der Waals surface area contributed by atoms with E-state index in [0.29, 0.717) is 12.0 Å². The van der Waals surface area contributed by atoms with Gasteiger partial charge in [-0.1, -0.05) is 5.16 Å². The zero-order valence-electron chi connectivity index (χ0n) is 10.8. The maximum absolute atomic E-state index is 5.73. The smallest absolute Gasteiger partial charge is 0.138 e. The molecule has 1 fully saturated rings. The summed E-state index contributed by atoms with van der Waals surface area (Å²) in [6.07, 6.45) is 1.21. The van der Waals surface area contributed by atoms with Gasteiger partial charge in [0.05, 0.1) is 5.69 Å². The molecule has 2 N–H and O–H groups in total. The molecular formula is C12H22ClN3O. The van der Waals surface area contributed by atoms with E-state index in [9.17, 15) is 0 Å². The monoisotopic (exact) mass is 259 g/mol. The summed E-state index contributed by atoms with van der Waals surface area (Å²) in [6.45, 7) is 9.10. The van der Waals surface area contributed by atoms with Crippen molar-refractivity contribution in [3.63, 3.8) is 0 Å². The van der Waals surface area contributed by atoms with Gasteiger partial charge in [-0.3, -0.25) is 4.90 Å². The van der Waals surface area contributed by atoms with Crippen LogP contribution < -0.4 is 5.73 Å². The highest BCUT2D eigenvalue weighted by Crippen LogP contribution is 2.25. The van der Waals surface area contributed by atoms with Crippen LogP contribution in [-0.4, -0.2) is 29.2 Å². The predicted molar refractivity (Wildman–Crippen MR) is 70.3 cm³/mol. The minimum Gasteiger partial charge on any atom is -0.361 e. The molecule has 1 aromatic heterocycles. The van der Waals surface area contributed by atoms with Gasteiger partial charge in [-0.25, -0.2) is 0 Å². The molecule has 0 amide bonds. The van der Waals surface area contributed by atoms with Crippen LogP contribution in [0.1, 0.15) is 30.4 Å². The van der Waals surface area contributed by atoms with Gasteiger partial charge in [0.2, 0.25) is 0 Å². The number of rotatable bonds is 3. The van der Waals surface area contributed by atoms with Gasteiger partial charge < -0.3 is 10.3 Å². The highest BCUT2D eigenvalue weighted by Gasteiger charge is 2.29. The molecule has 1 aliphatic rings. The first-order valence-corrected chi connectivity index (χ1v) is 5.97. The van der Waals surface area contributed by atoms with Gasteiger partial charge in [-0.15, -0.1) is 12.4 Å². The molecule has 2 heterocycles. The lowest BCUT2D eigenvalue weighted by Crippen LogP contribution is -2.27. The van der Waals surface area contributed by atoms with Crippen molar-refractivity contribution in [3.05, 3.63) is 17.0 Å². The summed E-state index contributed by atoms with van der Waals surface area (Å²) >= 11 is 0. The number of nitrogens with two attached hydrogens (primary N) is 1. The Balaban J connectivity index is 0.00000144. The Hall–Kier alpha value is -0.580. The van der Waals surface area contributed by atoms with Crippen LogP contribution in [0.3, 0.4) is 0 Å². The SMILES string of the molecule is Cc1noc(C)c1CN1CC(CN)CC1C.Cl. The molecule has 98 valence electrons. The number of hydrogen-bond donors (Lipinski definition) is 1. The summed E-state index contributed by atoms with van der Waals surface area (Å²) in [7, 11) is 0. The Morgan fingerprint density at radius 1 is 1.47 bits per heavy atom. The third kappa shape index (κ3) is 3.00. The molecule has 0 saturated carbocycles. The van der Waals surface area contributed by atoms with E-state index in [4.69, 9.17) is 10.3 Å². The number of halogens is 1. The average molecular weight is 260 g/mol. The lowest BCUT2D eigenvalue weighted by Gasteiger charge is -2.20. The van der Waals surface area contributed by atoms with Crippen molar-refractivity contribution < 1.29 is 4.52 Å². The van der Waals surface area contributed by atoms with E-state index in [2.05, 4.69) is 17.0 Å². The van der Waals surface area contributed by atoms with Crippen LogP contribution in [0, 0.1) is 19.8 Å². The second kappa shape index (κ2) is 5.85. The highest BCUT2D eigenvalue weighted by molar-refractivity contribution is 5.85. The maximum Gasteiger partial charge on any atom is 0.138 e. The van der Waals surface area contributed by atoms with Crippen LogP contribution in [0.4, 0.5) is 0 Å². The summed E-state index contributed by atoms with van der Waals surface area (Å²) in [5.74, 6) is 1.59. The Bertz CT molecular complexity index is 347. The fourth-order valence-electron chi connectivity index (χ4n) is 2.54. The van der Waals surface area contributed by atoms with Crippen LogP contribution in [0.25, 0.3) is 0 Å². The molecule has 0 spiro atoms. The Kier molecular flexibility index (Phi) is 4.98. The second-order valence-corrected chi connectivity index (χ2v) is 4.92. The van der Waals surface area contributed by atoms with Crippen molar-refractivity contribution in [1.29, 1.82) is 0 Å². The molecule has 0 aromatic carbocycles. The van der Waals surface area contributed by atoms with Crippen LogP contribution >= 0.6 is 12.4 Å². The number of aryl methyl sites for hydroxylation is 2. The first-order chi connectivity index (χ1) is 7.61. The first-order valence-electron chi connectivity index (χ1n) is 5.97. The van der Waals surface area contributed by atoms with Gasteiger partial charge in [0.15, 0.2) is 0 Å². The highest BCUT2D eigenvalue weighted by atomic mass is 35.5. The molecule has 4 nitrogen and oxygen atoms in total. The van der Waals surface area contributed by atoms with Crippen LogP contribution in [0.5, 0.6) is 0 Å². The van der Waals surface area contributed by atoms with E-state index in [1.165, 1.54) is 12.0 Å². The average Bonchev–Trinajstić information content (AvgIpc) is 2.76. The second-order valence-electron chi connectivity index (χ2n) is 4.92. The van der Waals surface area contributed by atoms with Crippen molar-refractivity contribution in [2.24, 2.45) is 11.7 Å². The minimum absolute atomic E-state index is 0. The molecule has 1 saturated heterocycles. The topological polar surface area (TPSA) is 55.3 Å². The standard InChI is InChI=1S/C12H21N3O.ClH/c1-8-4-11(5-13)6-15(8)7-12-9(2)14-16-10(12)3;/h8,11H,4-7,13H2,1-3H3;1H. The summed E-state index contributed by atoms with van der Waals surface area (Å²) in [6, 6.07) is 0.613. The summed E-state index contributed by atoms with van der Waals surface area (Å²) in [5, 5.41) is 4.00. The molecule has 1 aliphatic heterocycles. The van der Waals surface area contributed by atoms with Gasteiger partial charge in [-0.05, 0) is 39.7 Å². The normalized spacial score (nSPS) is 24.9. The van der Waals surface area contributed by atoms with E-state index in [1.54, 1.807) is 0 Å². The maximum atomic E-state index is 5.73. The Morgan fingerprint density at radius 3 is 2.65 bits per heavy atom. The van der Waals surface area contributed by atoms with Gasteiger partial charge in [0.25, 0.3) is 0 Å². The van der Waals surface area contributed by atoms with Crippen LogP contribution in [-0.2, 0) is 6.54 Å². The van der Waals surface area contributed by atoms with Crippen molar-refractivity contribution in [2.75, 3.05) is 13.1 Å². The predicted octanol–water partition coefficient (Wildman–Crippen LogP) is 1.88. The first kappa shape index (κ1) is 14.5. The molecule has 2 atom stereocenters. The third-order valence-electron chi connectivity index (χ3n) is 3.67. The molecule has 0 radical (unpaired) electrons. The summed E-state index contributed by atoms with van der Waals surface area (Å²) < 4.78 is 5.19. The Morgan fingerprint density at radius 2 is 2.18 bits per heavy atom. The molecule has 5 heteroatoms. The van der Waals surface area contributed by atoms with Crippen molar-refractivity contribution in [2.45, 2.75) is 39.8 Å². The number of hydrogen-bond acceptors (Lipinski definition) is 4. The van der Waals surface area contributed by atoms with Crippen LogP contribution in [0.2, 0.25) is 0 Å². The van der Waals surface area contributed by atoms with Gasteiger partial charge in [0.1, 0.15) is 5.76 Å². The third-order valence-corrected chi connectivity index (χ3v) is 3.67. The zero-order valence-corrected chi connectivity index (χ0v) is 11.6. The molecule has 2 unspecified atom stereocenters. The van der Waals surface area contributed by atoms with E-state index < -0.39 is 0 Å². The molecule has 0 bridgehead atoms. The molecule has 17 heavy (non-hydrogen) atoms. The lowest BCUT2D eigenvalue weighted by molar-refractivity contribution is 0.253. The number of likely N-dealkylation sites (tertiary alicyclic amines) is 1. The summed E-state index contributed by atoms with van der Waals surface area (Å²) in [4.78, 5) is 2.48. The summed E-state index contributed by atoms with van der Waals surface area (Å²) in [5.41, 5.74) is 7.99. The van der Waals surface area contributed by atoms with Crippen LogP contribution in [0.15, 0.2) is 4.52 Å². The van der Waals surface area contributed by atoms with Gasteiger partial charge >= 0.3 is 0 Å². The van der Waals surface area contributed by atoms with Crippen molar-refractivity contribution in [1.82, 2.24) is 10.1 Å². The number of nitrogens with zero attached hydrogens (tertiary/aromatic N) is 2. The van der Waals surface area contributed by atoms with Gasteiger partial charge in [-0.2, -0.15) is 0 Å². The largest absolute Gasteiger partial charge is 0.361 e. The lowest BCUT2D eigenvalue weighted by atomic mass is 10.1. The van der Waals surface area contributed by atoms with Gasteiger partial charge in [0, 0.05) is 24.7 Å². The molecule has 1 aromatic rings. The van der Waals surface area contributed by atoms with E-state index in [1.807, 2.05) is 13.8 Å². The molecular weight excluding hydrogens is 238 g/mol. The van der Waals surface area contributed by atoms with E-state index in [-0.39, 0.29) is 12.4 Å². The molecule has 2 rings (SSSR count). The fourth-order valence-corrected chi connectivity index (χ4v) is 2.54. The minimum atomic E-state index is 0. The Labute approximate surface area is 109 Å². The van der Waals surface area contributed by atoms with Crippen molar-refractivity contribution >= 4 is 12.4 Å². The van der Waals surface area contributed by atoms with E-state index >= 15 is 0 Å².